The fraction of sp³-hybridized carbons (Fsp3) is 0.200. The molecule has 1 aromatic heterocycles. The molecule has 0 saturated heterocycles. The van der Waals surface area contributed by atoms with Gasteiger partial charge in [-0.05, 0) is 29.1 Å². The molecule has 156 valence electrons. The van der Waals surface area contributed by atoms with E-state index in [1.165, 1.54) is 24.3 Å². The van der Waals surface area contributed by atoms with Gasteiger partial charge in [0.1, 0.15) is 14.4 Å². The molecule has 3 rings (SSSR count). The van der Waals surface area contributed by atoms with E-state index in [0.717, 1.165) is 24.3 Å². The van der Waals surface area contributed by atoms with Gasteiger partial charge in [0.15, 0.2) is 0 Å². The monoisotopic (exact) mass is 423 g/mol. The van der Waals surface area contributed by atoms with Crippen molar-refractivity contribution < 1.29 is 26.3 Å². The van der Waals surface area contributed by atoms with Crippen LogP contribution in [0, 0.1) is 11.3 Å². The molecule has 30 heavy (non-hydrogen) atoms. The predicted octanol–water partition coefficient (Wildman–Crippen LogP) is 4.85. The number of alkyl halides is 6. The molecule has 0 bridgehead atoms. The number of benzene rings is 2. The van der Waals surface area contributed by atoms with Gasteiger partial charge in [-0.3, -0.25) is 0 Å². The van der Waals surface area contributed by atoms with Crippen molar-refractivity contribution in [2.24, 2.45) is 0 Å². The van der Waals surface area contributed by atoms with E-state index in [4.69, 9.17) is 5.26 Å². The Hall–Kier alpha value is -3.22. The zero-order valence-corrected chi connectivity index (χ0v) is 15.7. The number of hydrogen-bond donors (Lipinski definition) is 0. The largest absolute Gasteiger partial charge is 0.416 e. The summed E-state index contributed by atoms with van der Waals surface area (Å²) >= 11 is 0. The highest BCUT2D eigenvalue weighted by Gasteiger charge is 2.32. The molecule has 0 unspecified atom stereocenters. The average Bonchev–Trinajstić information content (AvgIpc) is 3.20. The molecule has 3 aromatic rings. The van der Waals surface area contributed by atoms with Crippen LogP contribution in [0.1, 0.15) is 28.1 Å². The summed E-state index contributed by atoms with van der Waals surface area (Å²) in [6, 6.07) is 11.2. The first-order valence-electron chi connectivity index (χ1n) is 8.69. The first-order chi connectivity index (χ1) is 14.0. The maximum absolute atomic E-state index is 12.7. The van der Waals surface area contributed by atoms with Gasteiger partial charge in [-0.1, -0.05) is 36.4 Å². The zero-order valence-electron chi connectivity index (χ0n) is 15.7. The second kappa shape index (κ2) is 9.52. The Morgan fingerprint density at radius 1 is 0.933 bits per heavy atom. The fourth-order valence-corrected chi connectivity index (χ4v) is 2.62. The lowest BCUT2D eigenvalue weighted by Gasteiger charge is -2.16. The molecule has 10 heteroatoms. The maximum atomic E-state index is 12.7. The number of hydrogen-bond acceptors (Lipinski definition) is 2. The smallest absolute Gasteiger partial charge is 0.324 e. The Balaban J connectivity index is 0.000000335. The molecule has 0 spiro atoms. The lowest BCUT2D eigenvalue weighted by atomic mass is 9.75. The average molecular weight is 423 g/mol. The summed E-state index contributed by atoms with van der Waals surface area (Å²) in [4.78, 5) is 3.75. The van der Waals surface area contributed by atoms with E-state index in [-0.39, 0.29) is 0 Å². The first kappa shape index (κ1) is 23.1. The van der Waals surface area contributed by atoms with Crippen LogP contribution in [0.15, 0.2) is 67.3 Å². The molecule has 0 amide bonds. The van der Waals surface area contributed by atoms with Gasteiger partial charge in [0.2, 0.25) is 0 Å². The molecule has 1 heterocycles. The van der Waals surface area contributed by atoms with E-state index in [1.807, 2.05) is 6.07 Å². The first-order valence-corrected chi connectivity index (χ1v) is 8.69. The summed E-state index contributed by atoms with van der Waals surface area (Å²) in [5.74, 6) is -0.579. The van der Waals surface area contributed by atoms with Gasteiger partial charge in [0, 0.05) is 12.4 Å². The van der Waals surface area contributed by atoms with Crippen molar-refractivity contribution in [3.05, 3.63) is 89.5 Å². The topological polar surface area (TPSA) is 41.6 Å². The highest BCUT2D eigenvalue weighted by molar-refractivity contribution is 6.14. The molecule has 0 aliphatic carbocycles. The van der Waals surface area contributed by atoms with Crippen molar-refractivity contribution in [1.29, 1.82) is 5.26 Å². The van der Waals surface area contributed by atoms with Gasteiger partial charge in [-0.2, -0.15) is 31.6 Å². The molecule has 0 aliphatic rings. The summed E-state index contributed by atoms with van der Waals surface area (Å²) < 4.78 is 77.9. The minimum atomic E-state index is -4.48. The van der Waals surface area contributed by atoms with Gasteiger partial charge < -0.3 is 4.57 Å². The van der Waals surface area contributed by atoms with Gasteiger partial charge in [0.25, 0.3) is 0 Å². The molecular weight excluding hydrogens is 407 g/mol. The van der Waals surface area contributed by atoms with Crippen LogP contribution in [0.4, 0.5) is 26.3 Å². The number of aromatic nitrogens is 2. The number of nitriles is 1. The summed E-state index contributed by atoms with van der Waals surface area (Å²) in [5, 5.41) is 8.14. The van der Waals surface area contributed by atoms with Gasteiger partial charge in [-0.15, -0.1) is 0 Å². The van der Waals surface area contributed by atoms with Gasteiger partial charge >= 0.3 is 12.4 Å². The van der Waals surface area contributed by atoms with Crippen LogP contribution in [-0.4, -0.2) is 17.4 Å². The van der Waals surface area contributed by atoms with Crippen LogP contribution < -0.4 is 0 Å². The van der Waals surface area contributed by atoms with Crippen LogP contribution in [0.5, 0.6) is 0 Å². The molecule has 0 atom stereocenters. The summed E-state index contributed by atoms with van der Waals surface area (Å²) in [6.45, 7) is 0.389. The highest BCUT2D eigenvalue weighted by atomic mass is 19.4. The molecule has 0 N–H and O–H groups in total. The van der Waals surface area contributed by atoms with E-state index in [0.29, 0.717) is 17.7 Å². The SMILES string of the molecule is BC(c1cccc(C(F)(F)F)c1)c1cccc(C(F)(F)F)c1.N#CCn1ccnc1. The number of imidazole rings is 1. The van der Waals surface area contributed by atoms with Crippen LogP contribution in [0.3, 0.4) is 0 Å². The Bertz CT molecular complexity index is 933. The van der Waals surface area contributed by atoms with E-state index in [9.17, 15) is 26.3 Å². The fourth-order valence-electron chi connectivity index (χ4n) is 2.62. The lowest BCUT2D eigenvalue weighted by Crippen LogP contribution is -2.09. The van der Waals surface area contributed by atoms with Crippen molar-refractivity contribution in [2.45, 2.75) is 24.7 Å². The maximum Gasteiger partial charge on any atom is 0.416 e. The van der Waals surface area contributed by atoms with Gasteiger partial charge in [0.05, 0.1) is 23.5 Å². The third kappa shape index (κ3) is 6.41. The van der Waals surface area contributed by atoms with E-state index in [1.54, 1.807) is 31.1 Å². The predicted molar refractivity (Wildman–Crippen MR) is 101 cm³/mol. The summed E-state index contributed by atoms with van der Waals surface area (Å²) in [6.07, 6.45) is -3.95. The number of rotatable bonds is 3. The number of nitrogens with zero attached hydrogens (tertiary/aromatic N) is 3. The second-order valence-electron chi connectivity index (χ2n) is 6.36. The molecule has 0 radical (unpaired) electrons. The molecule has 2 aromatic carbocycles. The van der Waals surface area contributed by atoms with E-state index >= 15 is 0 Å². The van der Waals surface area contributed by atoms with Crippen molar-refractivity contribution in [3.8, 4) is 6.07 Å². The Labute approximate surface area is 170 Å². The van der Waals surface area contributed by atoms with Crippen molar-refractivity contribution >= 4 is 7.85 Å². The normalized spacial score (nSPS) is 11.5. The van der Waals surface area contributed by atoms with Crippen molar-refractivity contribution in [2.75, 3.05) is 0 Å². The van der Waals surface area contributed by atoms with Gasteiger partial charge in [-0.25, -0.2) is 4.98 Å². The van der Waals surface area contributed by atoms with Crippen LogP contribution >= 0.6 is 0 Å². The van der Waals surface area contributed by atoms with Crippen LogP contribution in [0.2, 0.25) is 0 Å². The highest BCUT2D eigenvalue weighted by Crippen LogP contribution is 2.34. The lowest BCUT2D eigenvalue weighted by molar-refractivity contribution is -0.138. The molecule has 0 fully saturated rings. The molecule has 0 saturated carbocycles. The van der Waals surface area contributed by atoms with Crippen molar-refractivity contribution in [3.63, 3.8) is 0 Å². The molecule has 0 aliphatic heterocycles. The third-order valence-electron chi connectivity index (χ3n) is 4.24. The zero-order chi connectivity index (χ0) is 22.4. The minimum absolute atomic E-state index is 0.314. The molecular formula is C20H16BF6N3. The third-order valence-corrected chi connectivity index (χ3v) is 4.24. The Morgan fingerprint density at radius 2 is 1.43 bits per heavy atom. The summed E-state index contributed by atoms with van der Waals surface area (Å²) in [7, 11) is 1.57. The van der Waals surface area contributed by atoms with Crippen LogP contribution in [0.25, 0.3) is 0 Å². The molecule has 3 nitrogen and oxygen atoms in total. The standard InChI is InChI=1S/C15H11BF6.C5H5N3/c16-13(9-3-1-5-11(7-9)14(17,18)19)10-4-2-6-12(8-10)15(20,21)22;6-1-3-8-4-2-7-5-8/h1-8,13H,16H2;2,4-5H,3H2. The Morgan fingerprint density at radius 3 is 1.80 bits per heavy atom. The van der Waals surface area contributed by atoms with E-state index in [2.05, 4.69) is 4.98 Å². The minimum Gasteiger partial charge on any atom is -0.324 e. The Kier molecular flexibility index (Phi) is 7.32. The van der Waals surface area contributed by atoms with Crippen LogP contribution in [-0.2, 0) is 18.9 Å². The van der Waals surface area contributed by atoms with Crippen molar-refractivity contribution in [1.82, 2.24) is 9.55 Å². The second-order valence-corrected chi connectivity index (χ2v) is 6.36. The quantitative estimate of drug-likeness (QED) is 0.447. The number of halogens is 6. The van der Waals surface area contributed by atoms with E-state index < -0.39 is 29.3 Å². The summed E-state index contributed by atoms with van der Waals surface area (Å²) in [5.41, 5.74) is -1.00.